The molecule has 0 saturated heterocycles. The van der Waals surface area contributed by atoms with Gasteiger partial charge in [-0.25, -0.2) is 9.37 Å². The third-order valence-corrected chi connectivity index (χ3v) is 2.10. The quantitative estimate of drug-likeness (QED) is 0.522. The van der Waals surface area contributed by atoms with Gasteiger partial charge in [0, 0.05) is 0 Å². The number of rotatable bonds is 2. The Morgan fingerprint density at radius 2 is 2.33 bits per heavy atom. The van der Waals surface area contributed by atoms with E-state index in [-0.39, 0.29) is 5.78 Å². The average Bonchev–Trinajstić information content (AvgIpc) is 2.04. The van der Waals surface area contributed by atoms with Gasteiger partial charge in [-0.3, -0.25) is 4.79 Å². The predicted octanol–water partition coefficient (Wildman–Crippen LogP) is 2.15. The molecule has 64 valence electrons. The summed E-state index contributed by atoms with van der Waals surface area (Å²) in [5.74, 6) is -0.635. The van der Waals surface area contributed by atoms with Crippen molar-refractivity contribution in [3.8, 4) is 0 Å². The largest absolute Gasteiger partial charge is 0.294 e. The molecule has 0 fully saturated rings. The molecule has 1 heterocycles. The van der Waals surface area contributed by atoms with Crippen molar-refractivity contribution in [2.75, 3.05) is 6.26 Å². The van der Waals surface area contributed by atoms with Crippen molar-refractivity contribution < 1.29 is 9.18 Å². The van der Waals surface area contributed by atoms with Gasteiger partial charge in [0.25, 0.3) is 0 Å². The Labute approximate surface area is 74.2 Å². The third-order valence-electron chi connectivity index (χ3n) is 1.39. The van der Waals surface area contributed by atoms with Crippen molar-refractivity contribution in [3.63, 3.8) is 0 Å². The first-order chi connectivity index (χ1) is 5.65. The summed E-state index contributed by atoms with van der Waals surface area (Å²) >= 11 is 1.33. The van der Waals surface area contributed by atoms with E-state index in [0.717, 1.165) is 6.20 Å². The predicted molar refractivity (Wildman–Crippen MR) is 46.0 cm³/mol. The van der Waals surface area contributed by atoms with E-state index in [1.807, 2.05) is 0 Å². The molecule has 0 amide bonds. The van der Waals surface area contributed by atoms with E-state index in [1.165, 1.54) is 24.8 Å². The molecule has 0 aromatic carbocycles. The van der Waals surface area contributed by atoms with Crippen molar-refractivity contribution in [2.24, 2.45) is 0 Å². The lowest BCUT2D eigenvalue weighted by Gasteiger charge is -2.01. The van der Waals surface area contributed by atoms with Crippen molar-refractivity contribution in [2.45, 2.75) is 11.9 Å². The van der Waals surface area contributed by atoms with Crippen molar-refractivity contribution >= 4 is 17.5 Å². The van der Waals surface area contributed by atoms with E-state index in [4.69, 9.17) is 0 Å². The highest BCUT2D eigenvalue weighted by Crippen LogP contribution is 2.18. The highest BCUT2D eigenvalue weighted by molar-refractivity contribution is 7.98. The smallest absolute Gasteiger partial charge is 0.162 e. The molecule has 4 heteroatoms. The fourth-order valence-corrected chi connectivity index (χ4v) is 1.42. The standard InChI is InChI=1S/C8H8FNOS/c1-5(11)7-3-6(9)4-10-8(7)12-2/h3-4H,1-2H3. The van der Waals surface area contributed by atoms with Gasteiger partial charge in [-0.2, -0.15) is 0 Å². The van der Waals surface area contributed by atoms with Crippen LogP contribution in [0.3, 0.4) is 0 Å². The summed E-state index contributed by atoms with van der Waals surface area (Å²) in [6, 6.07) is 1.21. The zero-order chi connectivity index (χ0) is 9.14. The van der Waals surface area contributed by atoms with Crippen LogP contribution in [0.15, 0.2) is 17.3 Å². The zero-order valence-electron chi connectivity index (χ0n) is 6.80. The highest BCUT2D eigenvalue weighted by Gasteiger charge is 2.08. The van der Waals surface area contributed by atoms with Gasteiger partial charge in [-0.1, -0.05) is 0 Å². The van der Waals surface area contributed by atoms with Crippen LogP contribution in [-0.4, -0.2) is 17.0 Å². The van der Waals surface area contributed by atoms with Crippen LogP contribution in [0.1, 0.15) is 17.3 Å². The molecule has 0 aliphatic rings. The Kier molecular flexibility index (Phi) is 2.81. The Hall–Kier alpha value is -0.900. The maximum absolute atomic E-state index is 12.6. The molecule has 0 N–H and O–H groups in total. The molecule has 1 rings (SSSR count). The molecule has 0 radical (unpaired) electrons. The van der Waals surface area contributed by atoms with Crippen LogP contribution in [0.2, 0.25) is 0 Å². The number of ketones is 1. The van der Waals surface area contributed by atoms with E-state index in [0.29, 0.717) is 10.6 Å². The number of thioether (sulfide) groups is 1. The summed E-state index contributed by atoms with van der Waals surface area (Å²) in [5.41, 5.74) is 0.350. The summed E-state index contributed by atoms with van der Waals surface area (Å²) in [5, 5.41) is 0.573. The van der Waals surface area contributed by atoms with Gasteiger partial charge in [0.2, 0.25) is 0 Å². The molecule has 0 atom stereocenters. The van der Waals surface area contributed by atoms with Crippen LogP contribution in [0.25, 0.3) is 0 Å². The zero-order valence-corrected chi connectivity index (χ0v) is 7.61. The number of nitrogens with zero attached hydrogens (tertiary/aromatic N) is 1. The van der Waals surface area contributed by atoms with Crippen LogP contribution in [0, 0.1) is 5.82 Å². The van der Waals surface area contributed by atoms with Gasteiger partial charge in [0.1, 0.15) is 10.8 Å². The Morgan fingerprint density at radius 1 is 1.67 bits per heavy atom. The third kappa shape index (κ3) is 1.82. The molecule has 1 aromatic rings. The van der Waals surface area contributed by atoms with Crippen LogP contribution in [0.5, 0.6) is 0 Å². The van der Waals surface area contributed by atoms with Gasteiger partial charge in [0.15, 0.2) is 5.78 Å². The van der Waals surface area contributed by atoms with Crippen LogP contribution >= 0.6 is 11.8 Å². The summed E-state index contributed by atoms with van der Waals surface area (Å²) in [6.45, 7) is 1.40. The van der Waals surface area contributed by atoms with Crippen LogP contribution in [-0.2, 0) is 0 Å². The topological polar surface area (TPSA) is 30.0 Å². The fraction of sp³-hybridized carbons (Fsp3) is 0.250. The van der Waals surface area contributed by atoms with Crippen molar-refractivity contribution in [3.05, 3.63) is 23.6 Å². The molecule has 0 saturated carbocycles. The maximum atomic E-state index is 12.6. The van der Waals surface area contributed by atoms with E-state index in [2.05, 4.69) is 4.98 Å². The van der Waals surface area contributed by atoms with E-state index >= 15 is 0 Å². The minimum atomic E-state index is -0.474. The molecule has 12 heavy (non-hydrogen) atoms. The Balaban J connectivity index is 3.21. The van der Waals surface area contributed by atoms with Crippen molar-refractivity contribution in [1.29, 1.82) is 0 Å². The van der Waals surface area contributed by atoms with Crippen molar-refractivity contribution in [1.82, 2.24) is 4.98 Å². The lowest BCUT2D eigenvalue weighted by atomic mass is 10.2. The molecule has 0 aliphatic heterocycles. The number of hydrogen-bond acceptors (Lipinski definition) is 3. The molecule has 0 unspecified atom stereocenters. The van der Waals surface area contributed by atoms with E-state index < -0.39 is 5.82 Å². The van der Waals surface area contributed by atoms with Crippen LogP contribution in [0.4, 0.5) is 4.39 Å². The first-order valence-corrected chi connectivity index (χ1v) is 4.58. The molecule has 2 nitrogen and oxygen atoms in total. The lowest BCUT2D eigenvalue weighted by Crippen LogP contribution is -1.98. The first-order valence-electron chi connectivity index (χ1n) is 3.35. The van der Waals surface area contributed by atoms with E-state index in [1.54, 1.807) is 6.26 Å². The summed E-state index contributed by atoms with van der Waals surface area (Å²) < 4.78 is 12.6. The molecular formula is C8H8FNOS. The molecule has 0 spiro atoms. The summed E-state index contributed by atoms with van der Waals surface area (Å²) in [4.78, 5) is 14.7. The lowest BCUT2D eigenvalue weighted by molar-refractivity contribution is 0.101. The monoisotopic (exact) mass is 185 g/mol. The van der Waals surface area contributed by atoms with Crippen LogP contribution < -0.4 is 0 Å². The van der Waals surface area contributed by atoms with Gasteiger partial charge in [0.05, 0.1) is 11.8 Å². The molecule has 0 aliphatic carbocycles. The van der Waals surface area contributed by atoms with E-state index in [9.17, 15) is 9.18 Å². The van der Waals surface area contributed by atoms with Gasteiger partial charge >= 0.3 is 0 Å². The minimum Gasteiger partial charge on any atom is -0.294 e. The number of pyridine rings is 1. The second-order valence-corrected chi connectivity index (χ2v) is 3.06. The average molecular weight is 185 g/mol. The molecular weight excluding hydrogens is 177 g/mol. The summed E-state index contributed by atoms with van der Waals surface area (Å²) in [6.07, 6.45) is 2.91. The normalized spacial score (nSPS) is 9.92. The number of carbonyl (C=O) groups is 1. The number of halogens is 1. The van der Waals surface area contributed by atoms with Gasteiger partial charge < -0.3 is 0 Å². The highest BCUT2D eigenvalue weighted by atomic mass is 32.2. The molecule has 1 aromatic heterocycles. The fourth-order valence-electron chi connectivity index (χ4n) is 0.842. The number of Topliss-reactive ketones (excluding diaryl/α,β-unsaturated/α-hetero) is 1. The SMILES string of the molecule is CSc1ncc(F)cc1C(C)=O. The summed E-state index contributed by atoms with van der Waals surface area (Å²) in [7, 11) is 0. The maximum Gasteiger partial charge on any atom is 0.162 e. The number of aromatic nitrogens is 1. The first kappa shape index (κ1) is 9.19. The van der Waals surface area contributed by atoms with Gasteiger partial charge in [-0.05, 0) is 19.2 Å². The Bertz CT molecular complexity index is 314. The van der Waals surface area contributed by atoms with Gasteiger partial charge in [-0.15, -0.1) is 11.8 Å². The Morgan fingerprint density at radius 3 is 2.83 bits per heavy atom. The number of hydrogen-bond donors (Lipinski definition) is 0. The number of carbonyl (C=O) groups excluding carboxylic acids is 1. The second kappa shape index (κ2) is 3.67. The second-order valence-electron chi connectivity index (χ2n) is 2.27. The molecule has 0 bridgehead atoms. The minimum absolute atomic E-state index is 0.161.